The lowest BCUT2D eigenvalue weighted by Gasteiger charge is -2.33. The van der Waals surface area contributed by atoms with Gasteiger partial charge in [0, 0.05) is 60.5 Å². The van der Waals surface area contributed by atoms with Crippen molar-refractivity contribution in [3.8, 4) is 11.5 Å². The molecule has 43 heavy (non-hydrogen) atoms. The molecule has 5 rings (SSSR count). The van der Waals surface area contributed by atoms with Gasteiger partial charge in [-0.2, -0.15) is 0 Å². The molecule has 232 valence electrons. The molecule has 1 aromatic heterocycles. The fraction of sp³-hybridized carbons (Fsp3) is 0.469. The first-order valence-corrected chi connectivity index (χ1v) is 15.1. The molecule has 1 saturated heterocycles. The minimum Gasteiger partial charge on any atom is -0.490 e. The predicted octanol–water partition coefficient (Wildman–Crippen LogP) is 4.54. The van der Waals surface area contributed by atoms with Crippen molar-refractivity contribution < 1.29 is 23.4 Å². The number of hydrogen-bond acceptors (Lipinski definition) is 9. The second kappa shape index (κ2) is 14.0. The molecule has 2 aromatic carbocycles. The van der Waals surface area contributed by atoms with Crippen LogP contribution in [0.3, 0.4) is 0 Å². The van der Waals surface area contributed by atoms with E-state index in [1.165, 1.54) is 12.1 Å². The van der Waals surface area contributed by atoms with E-state index in [1.54, 1.807) is 17.3 Å². The van der Waals surface area contributed by atoms with Gasteiger partial charge in [-0.3, -0.25) is 0 Å². The van der Waals surface area contributed by atoms with Crippen molar-refractivity contribution in [2.24, 2.45) is 23.4 Å². The minimum absolute atomic E-state index is 0.175. The summed E-state index contributed by atoms with van der Waals surface area (Å²) in [5.74, 6) is 7.60. The van der Waals surface area contributed by atoms with E-state index in [0.717, 1.165) is 62.6 Å². The maximum atomic E-state index is 14.1. The topological polar surface area (TPSA) is 131 Å². The number of nitrogens with one attached hydrogen (secondary N) is 2. The molecule has 0 radical (unpaired) electrons. The van der Waals surface area contributed by atoms with Crippen LogP contribution < -0.4 is 26.4 Å². The van der Waals surface area contributed by atoms with Gasteiger partial charge >= 0.3 is 5.97 Å². The van der Waals surface area contributed by atoms with E-state index in [1.807, 2.05) is 32.0 Å². The molecule has 3 aromatic rings. The highest BCUT2D eigenvalue weighted by Gasteiger charge is 2.24. The number of anilines is 1. The fourth-order valence-electron chi connectivity index (χ4n) is 5.55. The number of carbonyl (C=O) groups excluding carboxylic acids is 1. The van der Waals surface area contributed by atoms with Gasteiger partial charge in [0.15, 0.2) is 11.5 Å². The normalized spacial score (nSPS) is 16.3. The van der Waals surface area contributed by atoms with Crippen LogP contribution in [0.15, 0.2) is 42.6 Å². The lowest BCUT2D eigenvalue weighted by atomic mass is 9.96. The van der Waals surface area contributed by atoms with Crippen molar-refractivity contribution in [1.29, 1.82) is 0 Å². The van der Waals surface area contributed by atoms with Crippen LogP contribution in [-0.2, 0) is 4.74 Å². The molecular formula is C32H43FN6O4. The highest BCUT2D eigenvalue weighted by atomic mass is 19.1. The Balaban J connectivity index is 1.13. The van der Waals surface area contributed by atoms with Gasteiger partial charge in [0.2, 0.25) is 0 Å². The fourth-order valence-corrected chi connectivity index (χ4v) is 5.55. The number of nitrogens with two attached hydrogens (primary N) is 2. The van der Waals surface area contributed by atoms with Crippen molar-refractivity contribution in [1.82, 2.24) is 14.9 Å². The third-order valence-corrected chi connectivity index (χ3v) is 7.79. The zero-order chi connectivity index (χ0) is 30.3. The molecule has 0 amide bonds. The zero-order valence-corrected chi connectivity index (χ0v) is 25.0. The van der Waals surface area contributed by atoms with Crippen molar-refractivity contribution in [2.45, 2.75) is 33.1 Å². The van der Waals surface area contributed by atoms with E-state index in [0.29, 0.717) is 42.1 Å². The molecule has 2 aliphatic heterocycles. The minimum atomic E-state index is -0.536. The lowest BCUT2D eigenvalue weighted by Crippen LogP contribution is -2.41. The summed E-state index contributed by atoms with van der Waals surface area (Å²) in [5, 5.41) is 5.58. The Morgan fingerprint density at radius 3 is 2.72 bits per heavy atom. The second-order valence-electron chi connectivity index (χ2n) is 11.8. The Morgan fingerprint density at radius 2 is 1.95 bits per heavy atom. The summed E-state index contributed by atoms with van der Waals surface area (Å²) >= 11 is 0. The average molecular weight is 595 g/mol. The Hall–Kier alpha value is -3.96. The van der Waals surface area contributed by atoms with Gasteiger partial charge in [-0.05, 0) is 68.1 Å². The summed E-state index contributed by atoms with van der Waals surface area (Å²) in [5.41, 5.74) is 8.97. The Labute approximate surface area is 252 Å². The van der Waals surface area contributed by atoms with E-state index in [4.69, 9.17) is 25.8 Å². The van der Waals surface area contributed by atoms with E-state index >= 15 is 0 Å². The third-order valence-electron chi connectivity index (χ3n) is 7.79. The molecule has 0 unspecified atom stereocenters. The molecular weight excluding hydrogens is 551 g/mol. The van der Waals surface area contributed by atoms with Gasteiger partial charge in [-0.1, -0.05) is 13.8 Å². The number of ether oxygens (including phenoxy) is 3. The lowest BCUT2D eigenvalue weighted by molar-refractivity contribution is 0.0452. The summed E-state index contributed by atoms with van der Waals surface area (Å²) in [6.07, 6.45) is 4.53. The number of fused-ring (bicyclic) bond motifs is 2. The number of carbonyl (C=O) groups is 1. The van der Waals surface area contributed by atoms with Gasteiger partial charge in [0.25, 0.3) is 0 Å². The van der Waals surface area contributed by atoms with Crippen LogP contribution >= 0.6 is 0 Å². The summed E-state index contributed by atoms with van der Waals surface area (Å²) < 4.78 is 31.1. The SMILES string of the molecule is CC(C)COC(=O)c1[nH]c2ccc(F)cc2c1/C(N)=C/N(N)CC1CCN(CCNc2ccc3c(c2)OCCCO3)CC1. The molecule has 6 N–H and O–H groups in total. The number of nitrogens with zero attached hydrogens (tertiary/aromatic N) is 2. The number of hydrogen-bond donors (Lipinski definition) is 4. The molecule has 10 nitrogen and oxygen atoms in total. The number of likely N-dealkylation sites (tertiary alicyclic amines) is 1. The second-order valence-corrected chi connectivity index (χ2v) is 11.8. The predicted molar refractivity (Wildman–Crippen MR) is 166 cm³/mol. The number of hydrazine groups is 1. The molecule has 2 aliphatic rings. The maximum Gasteiger partial charge on any atom is 0.355 e. The Bertz CT molecular complexity index is 1430. The summed E-state index contributed by atoms with van der Waals surface area (Å²) in [6.45, 7) is 9.89. The van der Waals surface area contributed by atoms with Crippen LogP contribution in [-0.4, -0.2) is 73.4 Å². The summed E-state index contributed by atoms with van der Waals surface area (Å²) in [4.78, 5) is 18.4. The quantitative estimate of drug-likeness (QED) is 0.144. The van der Waals surface area contributed by atoms with Crippen LogP contribution in [0.4, 0.5) is 10.1 Å². The monoisotopic (exact) mass is 594 g/mol. The van der Waals surface area contributed by atoms with Crippen molar-refractivity contribution in [3.05, 3.63) is 59.7 Å². The van der Waals surface area contributed by atoms with Gasteiger partial charge in [0.05, 0.1) is 25.5 Å². The first-order valence-electron chi connectivity index (χ1n) is 15.1. The van der Waals surface area contributed by atoms with Gasteiger partial charge < -0.3 is 40.2 Å². The molecule has 0 spiro atoms. The summed E-state index contributed by atoms with van der Waals surface area (Å²) in [6, 6.07) is 10.3. The average Bonchev–Trinajstić information content (AvgIpc) is 3.19. The third kappa shape index (κ3) is 7.91. The van der Waals surface area contributed by atoms with E-state index < -0.39 is 11.8 Å². The van der Waals surface area contributed by atoms with E-state index in [2.05, 4.69) is 15.2 Å². The standard InChI is InChI=1S/C32H43FN6O4/c1-21(2)20-43-32(40)31-30(25-16-23(33)4-6-27(25)37-31)26(34)19-39(35)18-22-8-11-38(12-9-22)13-10-36-24-5-7-28-29(17-24)42-15-3-14-41-28/h4-7,16-17,19,21-22,36-37H,3,8-15,18,20,34-35H2,1-2H3/b26-19-. The molecule has 0 saturated carbocycles. The van der Waals surface area contributed by atoms with Crippen molar-refractivity contribution in [2.75, 3.05) is 57.9 Å². The first-order chi connectivity index (χ1) is 20.8. The van der Waals surface area contributed by atoms with Crippen LogP contribution in [0.5, 0.6) is 11.5 Å². The van der Waals surface area contributed by atoms with Gasteiger partial charge in [-0.25, -0.2) is 15.0 Å². The maximum absolute atomic E-state index is 14.1. The van der Waals surface area contributed by atoms with Crippen LogP contribution in [0.25, 0.3) is 16.6 Å². The molecule has 0 atom stereocenters. The van der Waals surface area contributed by atoms with E-state index in [-0.39, 0.29) is 23.9 Å². The highest BCUT2D eigenvalue weighted by molar-refractivity contribution is 6.04. The number of aromatic amines is 1. The number of benzene rings is 2. The molecule has 0 aliphatic carbocycles. The van der Waals surface area contributed by atoms with Crippen molar-refractivity contribution >= 4 is 28.3 Å². The Morgan fingerprint density at radius 1 is 1.19 bits per heavy atom. The number of H-pyrrole nitrogens is 1. The molecule has 3 heterocycles. The van der Waals surface area contributed by atoms with E-state index in [9.17, 15) is 9.18 Å². The van der Waals surface area contributed by atoms with Crippen molar-refractivity contribution in [3.63, 3.8) is 0 Å². The van der Waals surface area contributed by atoms with Crippen LogP contribution in [0.2, 0.25) is 0 Å². The largest absolute Gasteiger partial charge is 0.490 e. The molecule has 0 bridgehead atoms. The smallest absolute Gasteiger partial charge is 0.355 e. The van der Waals surface area contributed by atoms with Crippen LogP contribution in [0, 0.1) is 17.7 Å². The number of esters is 1. The number of rotatable bonds is 11. The molecule has 11 heteroatoms. The van der Waals surface area contributed by atoms with Gasteiger partial charge in [0.1, 0.15) is 11.5 Å². The summed E-state index contributed by atoms with van der Waals surface area (Å²) in [7, 11) is 0. The zero-order valence-electron chi connectivity index (χ0n) is 25.0. The highest BCUT2D eigenvalue weighted by Crippen LogP contribution is 2.32. The van der Waals surface area contributed by atoms with Gasteiger partial charge in [-0.15, -0.1) is 0 Å². The van der Waals surface area contributed by atoms with Crippen LogP contribution in [0.1, 0.15) is 49.2 Å². The number of piperidine rings is 1. The number of aromatic nitrogens is 1. The number of halogens is 1. The molecule has 1 fully saturated rings. The first kappa shape index (κ1) is 30.5. The Kier molecular flexibility index (Phi) is 9.93.